The molecule has 2 aliphatic rings. The van der Waals surface area contributed by atoms with Crippen molar-refractivity contribution in [2.24, 2.45) is 9.98 Å². The van der Waals surface area contributed by atoms with Crippen LogP contribution in [0.15, 0.2) is 84.2 Å². The summed E-state index contributed by atoms with van der Waals surface area (Å²) in [6, 6.07) is 18.5. The van der Waals surface area contributed by atoms with Gasteiger partial charge in [-0.2, -0.15) is 0 Å². The average Bonchev–Trinajstić information content (AvgIpc) is 2.62. The maximum Gasteiger partial charge on any atom is 0.120 e. The van der Waals surface area contributed by atoms with Crippen molar-refractivity contribution in [1.29, 1.82) is 0 Å². The highest BCUT2D eigenvalue weighted by Crippen LogP contribution is 2.40. The number of rotatable bonds is 1. The van der Waals surface area contributed by atoms with Gasteiger partial charge in [-0.15, -0.1) is 0 Å². The summed E-state index contributed by atoms with van der Waals surface area (Å²) in [4.78, 5) is 14.2. The molecule has 3 nitrogen and oxygen atoms in total. The van der Waals surface area contributed by atoms with Gasteiger partial charge in [0, 0.05) is 19.6 Å². The van der Waals surface area contributed by atoms with E-state index in [1.54, 1.807) is 30.6 Å². The van der Waals surface area contributed by atoms with Crippen LogP contribution in [-0.4, -0.2) is 7.11 Å². The predicted octanol–water partition coefficient (Wildman–Crippen LogP) is 4.53. The van der Waals surface area contributed by atoms with Gasteiger partial charge in [0.2, 0.25) is 0 Å². The van der Waals surface area contributed by atoms with Crippen molar-refractivity contribution in [1.82, 2.24) is 0 Å². The molecule has 5 rings (SSSR count). The van der Waals surface area contributed by atoms with Gasteiger partial charge in [0.1, 0.15) is 5.75 Å². The molecule has 0 atom stereocenters. The van der Waals surface area contributed by atoms with Gasteiger partial charge < -0.3 is 4.74 Å². The summed E-state index contributed by atoms with van der Waals surface area (Å²) in [6.45, 7) is 0. The molecule has 3 aromatic rings. The molecule has 0 spiro atoms. The van der Waals surface area contributed by atoms with Crippen molar-refractivity contribution in [3.8, 4) is 5.75 Å². The number of hydrogen-bond acceptors (Lipinski definition) is 5. The highest BCUT2D eigenvalue weighted by molar-refractivity contribution is 8.00. The largest absolute Gasteiger partial charge is 0.497 e. The van der Waals surface area contributed by atoms with E-state index in [9.17, 15) is 0 Å². The first kappa shape index (κ1) is 14.1. The Hall–Kier alpha value is -2.24. The molecular weight excluding hydrogens is 336 g/mol. The minimum absolute atomic E-state index is 0.854. The second-order valence-electron chi connectivity index (χ2n) is 5.52. The molecule has 0 bridgehead atoms. The van der Waals surface area contributed by atoms with E-state index in [2.05, 4.69) is 30.3 Å². The summed E-state index contributed by atoms with van der Waals surface area (Å²) in [5.41, 5.74) is 2.03. The van der Waals surface area contributed by atoms with Crippen molar-refractivity contribution in [3.63, 3.8) is 0 Å². The SMILES string of the molecule is COc1ccc2c(c1)Sc1cc3c(cc1=N2)Sc1ccccc1N=3. The first-order valence-electron chi connectivity index (χ1n) is 7.54. The monoisotopic (exact) mass is 348 g/mol. The van der Waals surface area contributed by atoms with Crippen LogP contribution in [0.1, 0.15) is 0 Å². The first-order chi connectivity index (χ1) is 11.8. The Morgan fingerprint density at radius 2 is 1.38 bits per heavy atom. The Bertz CT molecular complexity index is 1110. The molecule has 0 aliphatic carbocycles. The molecule has 0 amide bonds. The quantitative estimate of drug-likeness (QED) is 0.446. The third-order valence-corrected chi connectivity index (χ3v) is 6.20. The molecular formula is C19H12N2OS2. The van der Waals surface area contributed by atoms with E-state index in [0.29, 0.717) is 0 Å². The number of benzene rings is 3. The van der Waals surface area contributed by atoms with Crippen molar-refractivity contribution < 1.29 is 4.74 Å². The van der Waals surface area contributed by atoms with Gasteiger partial charge in [0.05, 0.1) is 29.2 Å². The molecule has 0 radical (unpaired) electrons. The van der Waals surface area contributed by atoms with E-state index in [4.69, 9.17) is 14.7 Å². The molecule has 0 aromatic heterocycles. The van der Waals surface area contributed by atoms with E-state index in [1.807, 2.05) is 24.3 Å². The van der Waals surface area contributed by atoms with E-state index in [1.165, 1.54) is 4.90 Å². The number of ether oxygens (including phenoxy) is 1. The number of fused-ring (bicyclic) bond motifs is 4. The molecule has 116 valence electrons. The molecule has 0 saturated carbocycles. The van der Waals surface area contributed by atoms with Gasteiger partial charge in [0.25, 0.3) is 0 Å². The Morgan fingerprint density at radius 1 is 0.708 bits per heavy atom. The molecule has 2 aliphatic heterocycles. The number of hydrogen-bond donors (Lipinski definition) is 0. The highest BCUT2D eigenvalue weighted by atomic mass is 32.2. The fourth-order valence-corrected chi connectivity index (χ4v) is 4.80. The molecule has 0 saturated heterocycles. The van der Waals surface area contributed by atoms with Gasteiger partial charge >= 0.3 is 0 Å². The lowest BCUT2D eigenvalue weighted by atomic mass is 10.2. The lowest BCUT2D eigenvalue weighted by Gasteiger charge is -2.16. The zero-order valence-electron chi connectivity index (χ0n) is 12.8. The summed E-state index contributed by atoms with van der Waals surface area (Å²) < 4.78 is 5.32. The van der Waals surface area contributed by atoms with Crippen molar-refractivity contribution in [2.45, 2.75) is 19.6 Å². The minimum atomic E-state index is 0.854. The molecule has 0 fully saturated rings. The minimum Gasteiger partial charge on any atom is -0.497 e. The van der Waals surface area contributed by atoms with E-state index < -0.39 is 0 Å². The van der Waals surface area contributed by atoms with Crippen LogP contribution >= 0.6 is 23.5 Å². The molecule has 2 heterocycles. The van der Waals surface area contributed by atoms with Crippen LogP contribution in [0.3, 0.4) is 0 Å². The van der Waals surface area contributed by atoms with Crippen LogP contribution in [0.2, 0.25) is 0 Å². The van der Waals surface area contributed by atoms with E-state index >= 15 is 0 Å². The van der Waals surface area contributed by atoms with E-state index in [-0.39, 0.29) is 0 Å². The number of nitrogens with zero attached hydrogens (tertiary/aromatic N) is 2. The summed E-state index contributed by atoms with van der Waals surface area (Å²) in [5.74, 6) is 0.854. The predicted molar refractivity (Wildman–Crippen MR) is 95.8 cm³/mol. The number of methoxy groups -OCH3 is 1. The van der Waals surface area contributed by atoms with Crippen LogP contribution in [0, 0.1) is 0 Å². The summed E-state index contributed by atoms with van der Waals surface area (Å²) in [5, 5.41) is 2.03. The topological polar surface area (TPSA) is 34.0 Å². The second-order valence-corrected chi connectivity index (χ2v) is 7.68. The van der Waals surface area contributed by atoms with Crippen molar-refractivity contribution in [3.05, 3.63) is 65.3 Å². The van der Waals surface area contributed by atoms with Gasteiger partial charge in [0.15, 0.2) is 0 Å². The lowest BCUT2D eigenvalue weighted by molar-refractivity contribution is 0.414. The maximum atomic E-state index is 5.32. The second kappa shape index (κ2) is 5.40. The Balaban J connectivity index is 1.70. The molecule has 3 aromatic carbocycles. The first-order valence-corrected chi connectivity index (χ1v) is 9.18. The van der Waals surface area contributed by atoms with Crippen LogP contribution in [0.25, 0.3) is 0 Å². The standard InChI is InChI=1S/C19H12N2OS2/c1-22-11-6-7-13-17(8-11)24-19-10-14-18(9-15(19)21-13)23-16-5-3-2-4-12(16)20-14/h2-10H,1H3. The molecule has 0 N–H and O–H groups in total. The van der Waals surface area contributed by atoms with Crippen molar-refractivity contribution in [2.75, 3.05) is 7.11 Å². The van der Waals surface area contributed by atoms with Crippen molar-refractivity contribution >= 4 is 34.9 Å². The summed E-state index contributed by atoms with van der Waals surface area (Å²) in [7, 11) is 1.68. The molecule has 0 unspecified atom stereocenters. The Kier molecular flexibility index (Phi) is 3.18. The maximum absolute atomic E-state index is 5.32. The van der Waals surface area contributed by atoms with E-state index in [0.717, 1.165) is 42.5 Å². The normalized spacial score (nSPS) is 13.5. The fraction of sp³-hybridized carbons (Fsp3) is 0.0526. The average molecular weight is 348 g/mol. The van der Waals surface area contributed by atoms with Gasteiger partial charge in [-0.25, -0.2) is 9.98 Å². The molecule has 24 heavy (non-hydrogen) atoms. The van der Waals surface area contributed by atoms with Crippen LogP contribution in [-0.2, 0) is 0 Å². The fourth-order valence-electron chi connectivity index (χ4n) is 2.80. The zero-order valence-corrected chi connectivity index (χ0v) is 14.4. The van der Waals surface area contributed by atoms with Crippen LogP contribution in [0.5, 0.6) is 5.75 Å². The Labute approximate surface area is 147 Å². The Morgan fingerprint density at radius 3 is 2.12 bits per heavy atom. The molecule has 5 heteroatoms. The third-order valence-electron chi connectivity index (χ3n) is 3.99. The highest BCUT2D eigenvalue weighted by Gasteiger charge is 2.17. The number of para-hydroxylation sites is 1. The van der Waals surface area contributed by atoms with Crippen LogP contribution in [0.4, 0.5) is 11.4 Å². The van der Waals surface area contributed by atoms with Gasteiger partial charge in [-0.1, -0.05) is 35.7 Å². The smallest absolute Gasteiger partial charge is 0.120 e. The third kappa shape index (κ3) is 2.24. The summed E-state index contributed by atoms with van der Waals surface area (Å²) >= 11 is 3.48. The van der Waals surface area contributed by atoms with Gasteiger partial charge in [-0.05, 0) is 42.5 Å². The lowest BCUT2D eigenvalue weighted by Crippen LogP contribution is -2.17. The van der Waals surface area contributed by atoms with Crippen LogP contribution < -0.4 is 15.5 Å². The van der Waals surface area contributed by atoms with Gasteiger partial charge in [-0.3, -0.25) is 0 Å². The zero-order chi connectivity index (χ0) is 16.1. The summed E-state index contributed by atoms with van der Waals surface area (Å²) in [6.07, 6.45) is 0.